The number of hydrogen-bond donors (Lipinski definition) is 1. The SMILES string of the molecule is CN(CCO)C(=O)c1cn(C2CCN(Cc3ccc(OC(F)(F)F)cc3)CC2)nn1. The van der Waals surface area contributed by atoms with Crippen molar-refractivity contribution in [3.8, 4) is 5.75 Å². The number of aliphatic hydroxyl groups excluding tert-OH is 1. The third kappa shape index (κ3) is 5.92. The van der Waals surface area contributed by atoms with E-state index in [2.05, 4.69) is 19.9 Å². The number of benzene rings is 1. The van der Waals surface area contributed by atoms with E-state index in [1.165, 1.54) is 17.0 Å². The Morgan fingerprint density at radius 2 is 1.93 bits per heavy atom. The molecule has 0 aliphatic carbocycles. The fourth-order valence-corrected chi connectivity index (χ4v) is 3.40. The standard InChI is InChI=1S/C19H24F3N5O3/c1-25(10-11-28)18(29)17-13-27(24-23-17)15-6-8-26(9-7-15)12-14-2-4-16(5-3-14)30-19(20,21)22/h2-5,13,15,28H,6-12H2,1H3. The molecule has 3 rings (SSSR count). The number of piperidine rings is 1. The van der Waals surface area contributed by atoms with Gasteiger partial charge in [-0.1, -0.05) is 17.3 Å². The average molecular weight is 427 g/mol. The van der Waals surface area contributed by atoms with Crippen molar-refractivity contribution >= 4 is 5.91 Å². The molecular weight excluding hydrogens is 403 g/mol. The monoisotopic (exact) mass is 427 g/mol. The minimum absolute atomic E-state index is 0.118. The summed E-state index contributed by atoms with van der Waals surface area (Å²) in [6.07, 6.45) is -1.42. The van der Waals surface area contributed by atoms with Crippen LogP contribution in [0.4, 0.5) is 13.2 Å². The highest BCUT2D eigenvalue weighted by Crippen LogP contribution is 2.25. The molecule has 1 aliphatic heterocycles. The summed E-state index contributed by atoms with van der Waals surface area (Å²) in [5.74, 6) is -0.517. The maximum atomic E-state index is 12.2. The highest BCUT2D eigenvalue weighted by Gasteiger charge is 2.31. The van der Waals surface area contributed by atoms with Crippen LogP contribution in [0.1, 0.15) is 34.9 Å². The van der Waals surface area contributed by atoms with Crippen LogP contribution in [-0.2, 0) is 6.54 Å². The Labute approximate surface area is 171 Å². The molecule has 0 radical (unpaired) electrons. The molecule has 0 unspecified atom stereocenters. The largest absolute Gasteiger partial charge is 0.573 e. The van der Waals surface area contributed by atoms with E-state index in [-0.39, 0.29) is 36.5 Å². The van der Waals surface area contributed by atoms with Crippen molar-refractivity contribution in [2.24, 2.45) is 0 Å². The van der Waals surface area contributed by atoms with E-state index in [1.54, 1.807) is 30.1 Å². The maximum absolute atomic E-state index is 12.2. The number of amides is 1. The molecule has 0 atom stereocenters. The van der Waals surface area contributed by atoms with Gasteiger partial charge in [0.05, 0.1) is 18.8 Å². The van der Waals surface area contributed by atoms with Crippen molar-refractivity contribution < 1.29 is 27.8 Å². The molecule has 1 aliphatic rings. The van der Waals surface area contributed by atoms with Crippen LogP contribution >= 0.6 is 0 Å². The number of rotatable bonds is 7. The van der Waals surface area contributed by atoms with Crippen molar-refractivity contribution in [1.82, 2.24) is 24.8 Å². The summed E-state index contributed by atoms with van der Waals surface area (Å²) in [6.45, 7) is 2.32. The fourth-order valence-electron chi connectivity index (χ4n) is 3.40. The molecule has 8 nitrogen and oxygen atoms in total. The summed E-state index contributed by atoms with van der Waals surface area (Å²) in [5, 5.41) is 17.0. The number of ether oxygens (including phenoxy) is 1. The van der Waals surface area contributed by atoms with Crippen molar-refractivity contribution in [2.75, 3.05) is 33.3 Å². The first-order valence-corrected chi connectivity index (χ1v) is 9.60. The van der Waals surface area contributed by atoms with Gasteiger partial charge in [-0.05, 0) is 30.5 Å². The molecule has 1 aromatic carbocycles. The van der Waals surface area contributed by atoms with Crippen LogP contribution in [0, 0.1) is 0 Å². The topological polar surface area (TPSA) is 83.7 Å². The highest BCUT2D eigenvalue weighted by atomic mass is 19.4. The van der Waals surface area contributed by atoms with E-state index < -0.39 is 6.36 Å². The Bertz CT molecular complexity index is 833. The molecular formula is C19H24F3N5O3. The molecule has 164 valence electrons. The molecule has 30 heavy (non-hydrogen) atoms. The van der Waals surface area contributed by atoms with Crippen LogP contribution in [0.3, 0.4) is 0 Å². The zero-order valence-corrected chi connectivity index (χ0v) is 16.5. The van der Waals surface area contributed by atoms with Crippen LogP contribution in [0.5, 0.6) is 5.75 Å². The van der Waals surface area contributed by atoms with Crippen LogP contribution in [0.15, 0.2) is 30.5 Å². The number of likely N-dealkylation sites (N-methyl/N-ethyl adjacent to an activating group) is 1. The number of aliphatic hydroxyl groups is 1. The molecule has 1 amide bonds. The van der Waals surface area contributed by atoms with Crippen molar-refractivity contribution in [2.45, 2.75) is 31.8 Å². The zero-order valence-electron chi connectivity index (χ0n) is 16.5. The average Bonchev–Trinajstić information content (AvgIpc) is 3.19. The van der Waals surface area contributed by atoms with E-state index in [0.29, 0.717) is 6.54 Å². The Morgan fingerprint density at radius 1 is 1.27 bits per heavy atom. The van der Waals surface area contributed by atoms with Gasteiger partial charge in [-0.25, -0.2) is 4.68 Å². The number of aromatic nitrogens is 3. The first kappa shape index (κ1) is 22.0. The van der Waals surface area contributed by atoms with E-state index in [0.717, 1.165) is 31.5 Å². The van der Waals surface area contributed by atoms with Crippen molar-refractivity contribution in [3.63, 3.8) is 0 Å². The summed E-state index contributed by atoms with van der Waals surface area (Å²) < 4.78 is 42.3. The summed E-state index contributed by atoms with van der Waals surface area (Å²) in [6, 6.07) is 6.02. The Kier molecular flexibility index (Phi) is 6.93. The molecule has 2 heterocycles. The number of hydrogen-bond acceptors (Lipinski definition) is 6. The summed E-state index contributed by atoms with van der Waals surface area (Å²) >= 11 is 0. The predicted molar refractivity (Wildman–Crippen MR) is 101 cm³/mol. The van der Waals surface area contributed by atoms with Gasteiger partial charge in [-0.15, -0.1) is 18.3 Å². The molecule has 0 spiro atoms. The smallest absolute Gasteiger partial charge is 0.406 e. The summed E-state index contributed by atoms with van der Waals surface area (Å²) in [7, 11) is 1.60. The number of carbonyl (C=O) groups excluding carboxylic acids is 1. The van der Waals surface area contributed by atoms with Crippen LogP contribution in [0.25, 0.3) is 0 Å². The third-order valence-corrected chi connectivity index (χ3v) is 5.01. The van der Waals surface area contributed by atoms with Gasteiger partial charge in [0.25, 0.3) is 5.91 Å². The van der Waals surface area contributed by atoms with Gasteiger partial charge in [-0.2, -0.15) is 0 Å². The molecule has 11 heteroatoms. The van der Waals surface area contributed by atoms with Gasteiger partial charge < -0.3 is 14.7 Å². The van der Waals surface area contributed by atoms with Crippen LogP contribution in [0.2, 0.25) is 0 Å². The highest BCUT2D eigenvalue weighted by molar-refractivity contribution is 5.91. The quantitative estimate of drug-likeness (QED) is 0.729. The molecule has 1 fully saturated rings. The normalized spacial score (nSPS) is 15.9. The first-order chi connectivity index (χ1) is 14.2. The van der Waals surface area contributed by atoms with Crippen LogP contribution in [-0.4, -0.2) is 75.5 Å². The number of nitrogens with zero attached hydrogens (tertiary/aromatic N) is 5. The lowest BCUT2D eigenvalue weighted by Gasteiger charge is -2.31. The van der Waals surface area contributed by atoms with Crippen molar-refractivity contribution in [1.29, 1.82) is 0 Å². The van der Waals surface area contributed by atoms with E-state index >= 15 is 0 Å². The molecule has 0 saturated carbocycles. The number of alkyl halides is 3. The van der Waals surface area contributed by atoms with Gasteiger partial charge >= 0.3 is 6.36 Å². The van der Waals surface area contributed by atoms with E-state index in [1.807, 2.05) is 0 Å². The van der Waals surface area contributed by atoms with E-state index in [9.17, 15) is 18.0 Å². The van der Waals surface area contributed by atoms with Gasteiger partial charge in [-0.3, -0.25) is 9.69 Å². The molecule has 0 bridgehead atoms. The Hall–Kier alpha value is -2.66. The number of halogens is 3. The molecule has 2 aromatic rings. The summed E-state index contributed by atoms with van der Waals surface area (Å²) in [5.41, 5.74) is 1.15. The molecule has 1 N–H and O–H groups in total. The van der Waals surface area contributed by atoms with Crippen LogP contribution < -0.4 is 4.74 Å². The lowest BCUT2D eigenvalue weighted by Crippen LogP contribution is -2.34. The lowest BCUT2D eigenvalue weighted by atomic mass is 10.0. The predicted octanol–water partition coefficient (Wildman–Crippen LogP) is 2.08. The van der Waals surface area contributed by atoms with E-state index in [4.69, 9.17) is 5.11 Å². The fraction of sp³-hybridized carbons (Fsp3) is 0.526. The third-order valence-electron chi connectivity index (χ3n) is 5.01. The van der Waals surface area contributed by atoms with Crippen molar-refractivity contribution in [3.05, 3.63) is 41.7 Å². The van der Waals surface area contributed by atoms with Gasteiger partial charge in [0.2, 0.25) is 0 Å². The minimum atomic E-state index is -4.69. The number of likely N-dealkylation sites (tertiary alicyclic amines) is 1. The first-order valence-electron chi connectivity index (χ1n) is 9.60. The number of carbonyl (C=O) groups is 1. The Morgan fingerprint density at radius 3 is 2.53 bits per heavy atom. The zero-order chi connectivity index (χ0) is 21.7. The minimum Gasteiger partial charge on any atom is -0.406 e. The van der Waals surface area contributed by atoms with Gasteiger partial charge in [0.15, 0.2) is 5.69 Å². The van der Waals surface area contributed by atoms with Gasteiger partial charge in [0.1, 0.15) is 5.75 Å². The lowest BCUT2D eigenvalue weighted by molar-refractivity contribution is -0.274. The maximum Gasteiger partial charge on any atom is 0.573 e. The Balaban J connectivity index is 1.50. The van der Waals surface area contributed by atoms with Gasteiger partial charge in [0, 0.05) is 33.2 Å². The second kappa shape index (κ2) is 9.43. The summed E-state index contributed by atoms with van der Waals surface area (Å²) in [4.78, 5) is 15.8. The molecule has 1 saturated heterocycles. The second-order valence-electron chi connectivity index (χ2n) is 7.23. The molecule has 1 aromatic heterocycles. The second-order valence-corrected chi connectivity index (χ2v) is 7.23.